The Morgan fingerprint density at radius 1 is 1.18 bits per heavy atom. The van der Waals surface area contributed by atoms with Gasteiger partial charge in [0.1, 0.15) is 5.82 Å². The average Bonchev–Trinajstić information content (AvgIpc) is 2.33. The molecule has 2 N–H and O–H groups in total. The summed E-state index contributed by atoms with van der Waals surface area (Å²) in [7, 11) is 0. The molecular weight excluding hydrogens is 303 g/mol. The number of carboxylic acid groups (broad SMARTS) is 1. The molecule has 8 heteroatoms. The second-order valence-corrected chi connectivity index (χ2v) is 4.96. The summed E-state index contributed by atoms with van der Waals surface area (Å²) in [5, 5.41) is 11.1. The van der Waals surface area contributed by atoms with Crippen molar-refractivity contribution >= 4 is 12.1 Å². The van der Waals surface area contributed by atoms with E-state index < -0.39 is 48.1 Å². The van der Waals surface area contributed by atoms with E-state index in [0.29, 0.717) is 12.1 Å². The van der Waals surface area contributed by atoms with Crippen molar-refractivity contribution in [3.05, 3.63) is 35.1 Å². The summed E-state index contributed by atoms with van der Waals surface area (Å²) in [5.41, 5.74) is -0.241. The van der Waals surface area contributed by atoms with Crippen molar-refractivity contribution in [2.45, 2.75) is 38.8 Å². The summed E-state index contributed by atoms with van der Waals surface area (Å²) < 4.78 is 44.4. The van der Waals surface area contributed by atoms with Crippen molar-refractivity contribution in [1.82, 2.24) is 5.32 Å². The SMILES string of the molecule is CC(C)OC(=O)NC(CC(=O)O)Cc1cc(F)c(F)cc1F. The Bertz CT molecular complexity index is 563. The predicted octanol–water partition coefficient (Wildman–Crippen LogP) is 2.62. The molecule has 0 spiro atoms. The van der Waals surface area contributed by atoms with Gasteiger partial charge in [-0.2, -0.15) is 0 Å². The van der Waals surface area contributed by atoms with Crippen molar-refractivity contribution in [3.63, 3.8) is 0 Å². The first kappa shape index (κ1) is 17.8. The van der Waals surface area contributed by atoms with Crippen molar-refractivity contribution in [1.29, 1.82) is 0 Å². The van der Waals surface area contributed by atoms with Gasteiger partial charge in [0, 0.05) is 12.1 Å². The molecule has 0 bridgehead atoms. The number of aliphatic carboxylic acids is 1. The molecule has 22 heavy (non-hydrogen) atoms. The van der Waals surface area contributed by atoms with Crippen LogP contribution in [-0.2, 0) is 16.0 Å². The number of nitrogens with one attached hydrogen (secondary N) is 1. The van der Waals surface area contributed by atoms with E-state index in [0.717, 1.165) is 0 Å². The summed E-state index contributed by atoms with van der Waals surface area (Å²) in [6, 6.07) is -0.0210. The maximum absolute atomic E-state index is 13.6. The van der Waals surface area contributed by atoms with Crippen LogP contribution in [0.4, 0.5) is 18.0 Å². The Kier molecular flexibility index (Phi) is 6.21. The lowest BCUT2D eigenvalue weighted by molar-refractivity contribution is -0.137. The van der Waals surface area contributed by atoms with Gasteiger partial charge in [0.05, 0.1) is 12.5 Å². The number of ether oxygens (including phenoxy) is 1. The fourth-order valence-electron chi connectivity index (χ4n) is 1.79. The number of alkyl carbamates (subject to hydrolysis) is 1. The Labute approximate surface area is 125 Å². The lowest BCUT2D eigenvalue weighted by atomic mass is 10.0. The van der Waals surface area contributed by atoms with E-state index in [1.165, 1.54) is 0 Å². The predicted molar refractivity (Wildman–Crippen MR) is 70.8 cm³/mol. The number of hydrogen-bond acceptors (Lipinski definition) is 3. The molecule has 0 aromatic heterocycles. The molecule has 1 aromatic rings. The highest BCUT2D eigenvalue weighted by molar-refractivity contribution is 5.71. The van der Waals surface area contributed by atoms with Crippen LogP contribution in [0.1, 0.15) is 25.8 Å². The average molecular weight is 319 g/mol. The van der Waals surface area contributed by atoms with Crippen LogP contribution < -0.4 is 5.32 Å². The zero-order chi connectivity index (χ0) is 16.9. The second kappa shape index (κ2) is 7.67. The van der Waals surface area contributed by atoms with E-state index in [4.69, 9.17) is 9.84 Å². The molecule has 1 atom stereocenters. The van der Waals surface area contributed by atoms with Crippen LogP contribution in [-0.4, -0.2) is 29.3 Å². The van der Waals surface area contributed by atoms with Gasteiger partial charge in [-0.3, -0.25) is 4.79 Å². The third-order valence-electron chi connectivity index (χ3n) is 2.64. The van der Waals surface area contributed by atoms with Crippen molar-refractivity contribution < 1.29 is 32.6 Å². The molecule has 0 aliphatic heterocycles. The molecule has 1 rings (SSSR count). The van der Waals surface area contributed by atoms with Crippen LogP contribution in [0.3, 0.4) is 0 Å². The van der Waals surface area contributed by atoms with Gasteiger partial charge < -0.3 is 15.2 Å². The smallest absolute Gasteiger partial charge is 0.407 e. The molecule has 1 unspecified atom stereocenters. The van der Waals surface area contributed by atoms with Crippen LogP contribution >= 0.6 is 0 Å². The first-order valence-corrected chi connectivity index (χ1v) is 6.51. The van der Waals surface area contributed by atoms with Crippen molar-refractivity contribution in [2.24, 2.45) is 0 Å². The van der Waals surface area contributed by atoms with E-state index in [2.05, 4.69) is 5.32 Å². The molecule has 0 fully saturated rings. The lowest BCUT2D eigenvalue weighted by Crippen LogP contribution is -2.39. The summed E-state index contributed by atoms with van der Waals surface area (Å²) in [6.07, 6.45) is -2.14. The van der Waals surface area contributed by atoms with Crippen LogP contribution in [0, 0.1) is 17.5 Å². The summed E-state index contributed by atoms with van der Waals surface area (Å²) in [5.74, 6) is -4.86. The van der Waals surface area contributed by atoms with Gasteiger partial charge in [-0.1, -0.05) is 0 Å². The highest BCUT2D eigenvalue weighted by Crippen LogP contribution is 2.16. The minimum Gasteiger partial charge on any atom is -0.481 e. The van der Waals surface area contributed by atoms with E-state index in [9.17, 15) is 22.8 Å². The molecule has 5 nitrogen and oxygen atoms in total. The molecule has 1 aromatic carbocycles. The highest BCUT2D eigenvalue weighted by atomic mass is 19.2. The topological polar surface area (TPSA) is 75.6 Å². The Morgan fingerprint density at radius 2 is 1.77 bits per heavy atom. The largest absolute Gasteiger partial charge is 0.481 e. The van der Waals surface area contributed by atoms with Gasteiger partial charge in [0.25, 0.3) is 0 Å². The summed E-state index contributed by atoms with van der Waals surface area (Å²) >= 11 is 0. The quantitative estimate of drug-likeness (QED) is 0.790. The molecule has 1 amide bonds. The van der Waals surface area contributed by atoms with E-state index in [1.54, 1.807) is 13.8 Å². The summed E-state index contributed by atoms with van der Waals surface area (Å²) in [6.45, 7) is 3.20. The van der Waals surface area contributed by atoms with Crippen LogP contribution in [0.5, 0.6) is 0 Å². The van der Waals surface area contributed by atoms with Gasteiger partial charge >= 0.3 is 12.1 Å². The standard InChI is InChI=1S/C14H16F3NO4/c1-7(2)22-14(21)18-9(5-13(19)20)3-8-4-11(16)12(17)6-10(8)15/h4,6-7,9H,3,5H2,1-2H3,(H,18,21)(H,19,20). The molecular formula is C14H16F3NO4. The number of hydrogen-bond donors (Lipinski definition) is 2. The van der Waals surface area contributed by atoms with Crippen LogP contribution in [0.2, 0.25) is 0 Å². The zero-order valence-corrected chi connectivity index (χ0v) is 12.0. The number of rotatable bonds is 6. The maximum atomic E-state index is 13.6. The molecule has 122 valence electrons. The second-order valence-electron chi connectivity index (χ2n) is 4.96. The third-order valence-corrected chi connectivity index (χ3v) is 2.64. The Hall–Kier alpha value is -2.25. The molecule has 0 aliphatic carbocycles. The Morgan fingerprint density at radius 3 is 2.32 bits per heavy atom. The first-order chi connectivity index (χ1) is 10.2. The fraction of sp³-hybridized carbons (Fsp3) is 0.429. The zero-order valence-electron chi connectivity index (χ0n) is 12.0. The van der Waals surface area contributed by atoms with Crippen molar-refractivity contribution in [3.8, 4) is 0 Å². The maximum Gasteiger partial charge on any atom is 0.407 e. The minimum absolute atomic E-state index is 0.241. The van der Waals surface area contributed by atoms with Crippen LogP contribution in [0.25, 0.3) is 0 Å². The molecule has 0 saturated heterocycles. The number of carbonyl (C=O) groups excluding carboxylic acids is 1. The van der Waals surface area contributed by atoms with Gasteiger partial charge in [0.15, 0.2) is 11.6 Å². The van der Waals surface area contributed by atoms with E-state index in [1.807, 2.05) is 0 Å². The van der Waals surface area contributed by atoms with E-state index >= 15 is 0 Å². The van der Waals surface area contributed by atoms with Gasteiger partial charge in [-0.25, -0.2) is 18.0 Å². The summed E-state index contributed by atoms with van der Waals surface area (Å²) in [4.78, 5) is 22.3. The number of carbonyl (C=O) groups is 2. The highest BCUT2D eigenvalue weighted by Gasteiger charge is 2.21. The van der Waals surface area contributed by atoms with Gasteiger partial charge in [-0.15, -0.1) is 0 Å². The molecule has 0 radical (unpaired) electrons. The van der Waals surface area contributed by atoms with Gasteiger partial charge in [-0.05, 0) is 31.9 Å². The normalized spacial score (nSPS) is 12.1. The third kappa shape index (κ3) is 5.63. The van der Waals surface area contributed by atoms with Crippen molar-refractivity contribution in [2.75, 3.05) is 0 Å². The molecule has 0 saturated carbocycles. The lowest BCUT2D eigenvalue weighted by Gasteiger charge is -2.18. The monoisotopic (exact) mass is 319 g/mol. The van der Waals surface area contributed by atoms with Gasteiger partial charge in [0.2, 0.25) is 0 Å². The van der Waals surface area contributed by atoms with Crippen LogP contribution in [0.15, 0.2) is 12.1 Å². The number of amides is 1. The fourth-order valence-corrected chi connectivity index (χ4v) is 1.79. The number of halogens is 3. The minimum atomic E-state index is -1.34. The Balaban J connectivity index is 2.87. The molecule has 0 aliphatic rings. The first-order valence-electron chi connectivity index (χ1n) is 6.51. The van der Waals surface area contributed by atoms with E-state index in [-0.39, 0.29) is 12.0 Å². The number of carboxylic acids is 1. The number of benzene rings is 1. The molecule has 0 heterocycles.